The van der Waals surface area contributed by atoms with Crippen molar-refractivity contribution in [3.63, 3.8) is 0 Å². The highest BCUT2D eigenvalue weighted by Crippen LogP contribution is 2.62. The molecule has 0 aromatic heterocycles. The van der Waals surface area contributed by atoms with Crippen molar-refractivity contribution in [2.24, 2.45) is 11.8 Å². The van der Waals surface area contributed by atoms with E-state index in [1.807, 2.05) is 56.3 Å². The molecule has 4 atom stereocenters. The predicted molar refractivity (Wildman–Crippen MR) is 124 cm³/mol. The molecule has 32 heavy (non-hydrogen) atoms. The summed E-state index contributed by atoms with van der Waals surface area (Å²) in [5, 5.41) is 0. The van der Waals surface area contributed by atoms with Crippen LogP contribution in [0.3, 0.4) is 0 Å². The van der Waals surface area contributed by atoms with E-state index in [1.54, 1.807) is 4.90 Å². The SMILES string of the molecule is CCN1C(=O)[C@@]2(c3ccccc31)[C@@H]1C(=O)N(c3ccc(C)cc3Br)C(=O)[C@@H]1[C@@H]1CCCN12. The molecule has 0 N–H and O–H groups in total. The predicted octanol–water partition coefficient (Wildman–Crippen LogP) is 3.60. The van der Waals surface area contributed by atoms with Crippen LogP contribution in [0, 0.1) is 18.8 Å². The van der Waals surface area contributed by atoms with Gasteiger partial charge in [0, 0.05) is 28.3 Å². The lowest BCUT2D eigenvalue weighted by Gasteiger charge is -2.37. The van der Waals surface area contributed by atoms with Gasteiger partial charge in [-0.2, -0.15) is 0 Å². The minimum absolute atomic E-state index is 0.0634. The number of hydrogen-bond acceptors (Lipinski definition) is 4. The normalized spacial score (nSPS) is 31.1. The van der Waals surface area contributed by atoms with Gasteiger partial charge in [0.15, 0.2) is 0 Å². The molecule has 0 unspecified atom stereocenters. The molecule has 1 spiro atoms. The van der Waals surface area contributed by atoms with Crippen LogP contribution in [0.25, 0.3) is 0 Å². The number of benzene rings is 2. The first-order valence-corrected chi connectivity index (χ1v) is 12.0. The van der Waals surface area contributed by atoms with Crippen molar-refractivity contribution in [1.82, 2.24) is 4.90 Å². The summed E-state index contributed by atoms with van der Waals surface area (Å²) in [6, 6.07) is 13.3. The molecule has 4 aliphatic rings. The zero-order valence-electron chi connectivity index (χ0n) is 18.0. The fourth-order valence-corrected chi connectivity index (χ4v) is 7.36. The number of nitrogens with zero attached hydrogens (tertiary/aromatic N) is 3. The number of hydrogen-bond donors (Lipinski definition) is 0. The van der Waals surface area contributed by atoms with Gasteiger partial charge in [-0.15, -0.1) is 0 Å². The molecule has 2 aromatic carbocycles. The van der Waals surface area contributed by atoms with Crippen molar-refractivity contribution < 1.29 is 14.4 Å². The van der Waals surface area contributed by atoms with Crippen LogP contribution in [0.4, 0.5) is 11.4 Å². The summed E-state index contributed by atoms with van der Waals surface area (Å²) < 4.78 is 0.713. The Balaban J connectivity index is 1.57. The Morgan fingerprint density at radius 3 is 2.59 bits per heavy atom. The van der Waals surface area contributed by atoms with Crippen molar-refractivity contribution in [2.75, 3.05) is 22.9 Å². The van der Waals surface area contributed by atoms with Crippen LogP contribution in [-0.2, 0) is 19.9 Å². The number of anilines is 2. The second-order valence-electron chi connectivity index (χ2n) is 9.21. The number of carbonyl (C=O) groups excluding carboxylic acids is 3. The second-order valence-corrected chi connectivity index (χ2v) is 10.1. The summed E-state index contributed by atoms with van der Waals surface area (Å²) in [5.74, 6) is -1.73. The van der Waals surface area contributed by atoms with Crippen molar-refractivity contribution in [3.8, 4) is 0 Å². The van der Waals surface area contributed by atoms with Crippen LogP contribution >= 0.6 is 15.9 Å². The van der Waals surface area contributed by atoms with E-state index in [0.29, 0.717) is 16.7 Å². The maximum atomic E-state index is 14.1. The Bertz CT molecular complexity index is 1200. The highest BCUT2D eigenvalue weighted by atomic mass is 79.9. The fraction of sp³-hybridized carbons (Fsp3) is 0.400. The second kappa shape index (κ2) is 6.75. The lowest BCUT2D eigenvalue weighted by atomic mass is 9.75. The van der Waals surface area contributed by atoms with Gasteiger partial charge in [-0.1, -0.05) is 24.3 Å². The molecule has 164 valence electrons. The van der Waals surface area contributed by atoms with Gasteiger partial charge in [-0.25, -0.2) is 4.90 Å². The molecule has 0 saturated carbocycles. The minimum atomic E-state index is -1.10. The maximum Gasteiger partial charge on any atom is 0.253 e. The number of fused-ring (bicyclic) bond motifs is 7. The third-order valence-corrected chi connectivity index (χ3v) is 8.44. The molecular weight excluding hydrogens is 470 g/mol. The van der Waals surface area contributed by atoms with Gasteiger partial charge in [-0.05, 0) is 72.9 Å². The summed E-state index contributed by atoms with van der Waals surface area (Å²) in [5.41, 5.74) is 2.23. The topological polar surface area (TPSA) is 60.9 Å². The Labute approximate surface area is 195 Å². The van der Waals surface area contributed by atoms with E-state index in [9.17, 15) is 14.4 Å². The summed E-state index contributed by atoms with van der Waals surface area (Å²) >= 11 is 3.55. The molecule has 0 aliphatic carbocycles. The number of amides is 3. The Kier molecular flexibility index (Phi) is 4.24. The number of rotatable bonds is 2. The highest BCUT2D eigenvalue weighted by Gasteiger charge is 2.75. The zero-order chi connectivity index (χ0) is 22.4. The largest absolute Gasteiger partial charge is 0.310 e. The molecule has 3 saturated heterocycles. The first-order valence-electron chi connectivity index (χ1n) is 11.2. The van der Waals surface area contributed by atoms with E-state index in [4.69, 9.17) is 0 Å². The molecule has 3 fully saturated rings. The van der Waals surface area contributed by atoms with E-state index in [-0.39, 0.29) is 23.8 Å². The summed E-state index contributed by atoms with van der Waals surface area (Å²) in [7, 11) is 0. The van der Waals surface area contributed by atoms with Crippen molar-refractivity contribution >= 4 is 45.0 Å². The standard InChI is InChI=1S/C25H24BrN3O3/c1-3-27-17-8-5-4-7-15(17)25(24(27)32)21-20(19-9-6-12-28(19)25)22(30)29(23(21)31)18-11-10-14(2)13-16(18)26/h4-5,7-8,10-11,13,19-21H,3,6,9,12H2,1-2H3/t19-,20+,21-,25+/m0/s1. The van der Waals surface area contributed by atoms with Gasteiger partial charge in [-0.3, -0.25) is 19.3 Å². The number of likely N-dealkylation sites (N-methyl/N-ethyl adjacent to an activating group) is 1. The average Bonchev–Trinajstić information content (AvgIpc) is 3.47. The van der Waals surface area contributed by atoms with Crippen molar-refractivity contribution in [2.45, 2.75) is 38.3 Å². The van der Waals surface area contributed by atoms with Gasteiger partial charge < -0.3 is 4.90 Å². The lowest BCUT2D eigenvalue weighted by Crippen LogP contribution is -2.56. The van der Waals surface area contributed by atoms with E-state index in [2.05, 4.69) is 20.8 Å². The zero-order valence-corrected chi connectivity index (χ0v) is 19.6. The first-order chi connectivity index (χ1) is 15.4. The quantitative estimate of drug-likeness (QED) is 0.599. The van der Waals surface area contributed by atoms with E-state index in [1.165, 1.54) is 4.90 Å². The molecule has 2 aromatic rings. The Hall–Kier alpha value is -2.51. The number of para-hydroxylation sites is 1. The summed E-state index contributed by atoms with van der Waals surface area (Å²) in [4.78, 5) is 47.3. The van der Waals surface area contributed by atoms with Gasteiger partial charge in [0.05, 0.1) is 17.5 Å². The smallest absolute Gasteiger partial charge is 0.253 e. The molecule has 6 rings (SSSR count). The molecule has 4 heterocycles. The Morgan fingerprint density at radius 2 is 1.84 bits per heavy atom. The number of halogens is 1. The van der Waals surface area contributed by atoms with Crippen LogP contribution in [-0.4, -0.2) is 41.8 Å². The van der Waals surface area contributed by atoms with Crippen LogP contribution in [0.2, 0.25) is 0 Å². The molecule has 0 radical (unpaired) electrons. The van der Waals surface area contributed by atoms with Crippen molar-refractivity contribution in [3.05, 3.63) is 58.1 Å². The number of aryl methyl sites for hydroxylation is 1. The third kappa shape index (κ3) is 2.21. The van der Waals surface area contributed by atoms with Crippen LogP contribution in [0.1, 0.15) is 30.9 Å². The van der Waals surface area contributed by atoms with Gasteiger partial charge >= 0.3 is 0 Å². The van der Waals surface area contributed by atoms with E-state index >= 15 is 0 Å². The molecular formula is C25H24BrN3O3. The number of carbonyl (C=O) groups is 3. The highest BCUT2D eigenvalue weighted by molar-refractivity contribution is 9.10. The molecule has 3 amide bonds. The minimum Gasteiger partial charge on any atom is -0.310 e. The van der Waals surface area contributed by atoms with Gasteiger partial charge in [0.25, 0.3) is 5.91 Å². The molecule has 7 heteroatoms. The van der Waals surface area contributed by atoms with Crippen molar-refractivity contribution in [1.29, 1.82) is 0 Å². The van der Waals surface area contributed by atoms with Gasteiger partial charge in [0.1, 0.15) is 5.54 Å². The van der Waals surface area contributed by atoms with Crippen LogP contribution < -0.4 is 9.80 Å². The summed E-state index contributed by atoms with van der Waals surface area (Å²) in [6.07, 6.45) is 1.75. The molecule has 0 bridgehead atoms. The van der Waals surface area contributed by atoms with Crippen LogP contribution in [0.5, 0.6) is 0 Å². The van der Waals surface area contributed by atoms with E-state index in [0.717, 1.165) is 36.2 Å². The first kappa shape index (κ1) is 20.1. The molecule has 4 aliphatic heterocycles. The lowest BCUT2D eigenvalue weighted by molar-refractivity contribution is -0.137. The van der Waals surface area contributed by atoms with Crippen LogP contribution in [0.15, 0.2) is 46.9 Å². The monoisotopic (exact) mass is 493 g/mol. The Morgan fingerprint density at radius 1 is 1.06 bits per heavy atom. The average molecular weight is 494 g/mol. The molecule has 6 nitrogen and oxygen atoms in total. The number of imide groups is 1. The van der Waals surface area contributed by atoms with Gasteiger partial charge in [0.2, 0.25) is 11.8 Å². The fourth-order valence-electron chi connectivity index (χ4n) is 6.69. The third-order valence-electron chi connectivity index (χ3n) is 7.80. The summed E-state index contributed by atoms with van der Waals surface area (Å²) in [6.45, 7) is 5.18. The maximum absolute atomic E-state index is 14.1. The van der Waals surface area contributed by atoms with E-state index < -0.39 is 17.4 Å².